The number of aromatic nitrogens is 1. The highest BCUT2D eigenvalue weighted by atomic mass is 15.2. The van der Waals surface area contributed by atoms with E-state index in [0.717, 1.165) is 31.4 Å². The highest BCUT2D eigenvalue weighted by molar-refractivity contribution is 5.41. The van der Waals surface area contributed by atoms with Crippen LogP contribution < -0.4 is 10.2 Å². The lowest BCUT2D eigenvalue weighted by atomic mass is 9.91. The van der Waals surface area contributed by atoms with Gasteiger partial charge in [-0.1, -0.05) is 6.92 Å². The van der Waals surface area contributed by atoms with Crippen LogP contribution >= 0.6 is 0 Å². The first kappa shape index (κ1) is 13.3. The van der Waals surface area contributed by atoms with Crippen LogP contribution in [-0.4, -0.2) is 30.7 Å². The molecule has 0 saturated carbocycles. The van der Waals surface area contributed by atoms with Crippen LogP contribution in [0.25, 0.3) is 0 Å². The third-order valence-corrected chi connectivity index (χ3v) is 3.92. The fraction of sp³-hybridized carbons (Fsp3) is 0.667. The van der Waals surface area contributed by atoms with Crippen LogP contribution in [0.2, 0.25) is 0 Å². The van der Waals surface area contributed by atoms with Gasteiger partial charge in [-0.05, 0) is 56.8 Å². The number of anilines is 1. The van der Waals surface area contributed by atoms with E-state index in [-0.39, 0.29) is 0 Å². The average molecular weight is 247 g/mol. The number of hydrogen-bond donors (Lipinski definition) is 1. The molecular formula is C15H25N3. The van der Waals surface area contributed by atoms with E-state index in [2.05, 4.69) is 48.1 Å². The summed E-state index contributed by atoms with van der Waals surface area (Å²) in [6, 6.07) is 4.86. The standard InChI is InChI=1S/C15H25N3/c1-4-16-13(3)14-6-5-9-18(11-14)15-10-12(2)7-8-17-15/h7-8,10,13-14,16H,4-6,9,11H2,1-3H3. The van der Waals surface area contributed by atoms with Crippen LogP contribution in [0, 0.1) is 12.8 Å². The number of piperidine rings is 1. The highest BCUT2D eigenvalue weighted by Crippen LogP contribution is 2.24. The zero-order valence-electron chi connectivity index (χ0n) is 11.8. The molecule has 0 radical (unpaired) electrons. The topological polar surface area (TPSA) is 28.2 Å². The number of nitrogens with zero attached hydrogens (tertiary/aromatic N) is 2. The largest absolute Gasteiger partial charge is 0.356 e. The Morgan fingerprint density at radius 3 is 3.11 bits per heavy atom. The van der Waals surface area contributed by atoms with Gasteiger partial charge >= 0.3 is 0 Å². The molecular weight excluding hydrogens is 222 g/mol. The molecule has 0 spiro atoms. The predicted octanol–water partition coefficient (Wildman–Crippen LogP) is 2.60. The van der Waals surface area contributed by atoms with Crippen molar-refractivity contribution >= 4 is 5.82 Å². The van der Waals surface area contributed by atoms with Crippen molar-refractivity contribution in [3.05, 3.63) is 23.9 Å². The van der Waals surface area contributed by atoms with E-state index in [1.165, 1.54) is 18.4 Å². The van der Waals surface area contributed by atoms with E-state index in [9.17, 15) is 0 Å². The monoisotopic (exact) mass is 247 g/mol. The molecule has 1 N–H and O–H groups in total. The van der Waals surface area contributed by atoms with E-state index in [0.29, 0.717) is 6.04 Å². The minimum absolute atomic E-state index is 0.600. The van der Waals surface area contributed by atoms with Crippen LogP contribution in [0.3, 0.4) is 0 Å². The van der Waals surface area contributed by atoms with E-state index in [1.807, 2.05) is 6.20 Å². The normalized spacial score (nSPS) is 21.9. The predicted molar refractivity (Wildman–Crippen MR) is 77.0 cm³/mol. The van der Waals surface area contributed by atoms with Crippen LogP contribution in [0.1, 0.15) is 32.3 Å². The fourth-order valence-corrected chi connectivity index (χ4v) is 2.81. The number of pyridine rings is 1. The smallest absolute Gasteiger partial charge is 0.128 e. The van der Waals surface area contributed by atoms with E-state index in [1.54, 1.807) is 0 Å². The molecule has 3 nitrogen and oxygen atoms in total. The van der Waals surface area contributed by atoms with Gasteiger partial charge in [0, 0.05) is 25.3 Å². The molecule has 3 heteroatoms. The Morgan fingerprint density at radius 1 is 1.56 bits per heavy atom. The second-order valence-electron chi connectivity index (χ2n) is 5.39. The molecule has 18 heavy (non-hydrogen) atoms. The van der Waals surface area contributed by atoms with Crippen molar-refractivity contribution in [2.24, 2.45) is 5.92 Å². The molecule has 2 atom stereocenters. The molecule has 1 aromatic heterocycles. The zero-order valence-corrected chi connectivity index (χ0v) is 11.8. The first-order valence-corrected chi connectivity index (χ1v) is 7.11. The van der Waals surface area contributed by atoms with E-state index in [4.69, 9.17) is 0 Å². The van der Waals surface area contributed by atoms with Gasteiger partial charge in [0.1, 0.15) is 5.82 Å². The molecule has 2 rings (SSSR count). The van der Waals surface area contributed by atoms with Gasteiger partial charge in [0.05, 0.1) is 0 Å². The highest BCUT2D eigenvalue weighted by Gasteiger charge is 2.24. The van der Waals surface area contributed by atoms with E-state index >= 15 is 0 Å². The number of rotatable bonds is 4. The molecule has 0 amide bonds. The molecule has 1 saturated heterocycles. The Morgan fingerprint density at radius 2 is 2.39 bits per heavy atom. The second-order valence-corrected chi connectivity index (χ2v) is 5.39. The Labute approximate surface area is 111 Å². The van der Waals surface area contributed by atoms with Crippen LogP contribution in [0.5, 0.6) is 0 Å². The van der Waals surface area contributed by atoms with Crippen molar-refractivity contribution in [1.29, 1.82) is 0 Å². The fourth-order valence-electron chi connectivity index (χ4n) is 2.81. The maximum atomic E-state index is 4.51. The van der Waals surface area contributed by atoms with Crippen molar-refractivity contribution in [1.82, 2.24) is 10.3 Å². The molecule has 2 unspecified atom stereocenters. The summed E-state index contributed by atoms with van der Waals surface area (Å²) in [6.07, 6.45) is 4.52. The summed E-state index contributed by atoms with van der Waals surface area (Å²) in [7, 11) is 0. The lowest BCUT2D eigenvalue weighted by Crippen LogP contribution is -2.44. The molecule has 2 heterocycles. The summed E-state index contributed by atoms with van der Waals surface area (Å²) in [5.74, 6) is 1.88. The molecule has 100 valence electrons. The Kier molecular flexibility index (Phi) is 4.59. The third kappa shape index (κ3) is 3.22. The first-order chi connectivity index (χ1) is 8.70. The molecule has 1 aliphatic rings. The van der Waals surface area contributed by atoms with Crippen LogP contribution in [0.4, 0.5) is 5.82 Å². The number of aryl methyl sites for hydroxylation is 1. The molecule has 1 aliphatic heterocycles. The SMILES string of the molecule is CCNC(C)C1CCCN(c2cc(C)ccn2)C1. The maximum absolute atomic E-state index is 4.51. The lowest BCUT2D eigenvalue weighted by Gasteiger charge is -2.36. The van der Waals surface area contributed by atoms with Crippen molar-refractivity contribution in [2.45, 2.75) is 39.7 Å². The lowest BCUT2D eigenvalue weighted by molar-refractivity contribution is 0.323. The molecule has 0 bridgehead atoms. The van der Waals surface area contributed by atoms with Crippen molar-refractivity contribution in [2.75, 3.05) is 24.5 Å². The number of hydrogen-bond acceptors (Lipinski definition) is 3. The Bertz CT molecular complexity index is 378. The van der Waals surface area contributed by atoms with Crippen LogP contribution in [-0.2, 0) is 0 Å². The van der Waals surface area contributed by atoms with Crippen molar-refractivity contribution in [3.8, 4) is 0 Å². The van der Waals surface area contributed by atoms with Crippen molar-refractivity contribution < 1.29 is 0 Å². The summed E-state index contributed by atoms with van der Waals surface area (Å²) in [5, 5.41) is 3.55. The summed E-state index contributed by atoms with van der Waals surface area (Å²) < 4.78 is 0. The van der Waals surface area contributed by atoms with Gasteiger partial charge in [0.25, 0.3) is 0 Å². The Hall–Kier alpha value is -1.09. The zero-order chi connectivity index (χ0) is 13.0. The maximum Gasteiger partial charge on any atom is 0.128 e. The molecule has 0 aromatic carbocycles. The molecule has 1 aromatic rings. The second kappa shape index (κ2) is 6.19. The summed E-state index contributed by atoms with van der Waals surface area (Å²) >= 11 is 0. The van der Waals surface area contributed by atoms with Gasteiger partial charge in [-0.15, -0.1) is 0 Å². The van der Waals surface area contributed by atoms with Gasteiger partial charge in [0.15, 0.2) is 0 Å². The first-order valence-electron chi connectivity index (χ1n) is 7.11. The van der Waals surface area contributed by atoms with Gasteiger partial charge in [-0.25, -0.2) is 4.98 Å². The summed E-state index contributed by atoms with van der Waals surface area (Å²) in [5.41, 5.74) is 1.29. The van der Waals surface area contributed by atoms with Crippen molar-refractivity contribution in [3.63, 3.8) is 0 Å². The van der Waals surface area contributed by atoms with Gasteiger partial charge < -0.3 is 10.2 Å². The Balaban J connectivity index is 2.02. The number of nitrogens with one attached hydrogen (secondary N) is 1. The molecule has 0 aliphatic carbocycles. The summed E-state index contributed by atoms with van der Waals surface area (Å²) in [6.45, 7) is 9.95. The minimum atomic E-state index is 0.600. The molecule has 1 fully saturated rings. The summed E-state index contributed by atoms with van der Waals surface area (Å²) in [4.78, 5) is 6.95. The minimum Gasteiger partial charge on any atom is -0.356 e. The van der Waals surface area contributed by atoms with E-state index < -0.39 is 0 Å². The van der Waals surface area contributed by atoms with Gasteiger partial charge in [0.2, 0.25) is 0 Å². The van der Waals surface area contributed by atoms with Gasteiger partial charge in [-0.2, -0.15) is 0 Å². The van der Waals surface area contributed by atoms with Crippen LogP contribution in [0.15, 0.2) is 18.3 Å². The quantitative estimate of drug-likeness (QED) is 0.886. The third-order valence-electron chi connectivity index (χ3n) is 3.92. The van der Waals surface area contributed by atoms with Gasteiger partial charge in [-0.3, -0.25) is 0 Å². The average Bonchev–Trinajstić information content (AvgIpc) is 2.39.